The van der Waals surface area contributed by atoms with Crippen LogP contribution in [0.25, 0.3) is 22.1 Å². The second kappa shape index (κ2) is 9.24. The predicted molar refractivity (Wildman–Crippen MR) is 123 cm³/mol. The molecule has 32 heavy (non-hydrogen) atoms. The first-order valence-electron chi connectivity index (χ1n) is 9.78. The highest BCUT2D eigenvalue weighted by molar-refractivity contribution is 6.33. The van der Waals surface area contributed by atoms with E-state index in [1.54, 1.807) is 45.6 Å². The van der Waals surface area contributed by atoms with Gasteiger partial charge in [-0.2, -0.15) is 0 Å². The van der Waals surface area contributed by atoms with Gasteiger partial charge in [-0.3, -0.25) is 0 Å². The Labute approximate surface area is 189 Å². The van der Waals surface area contributed by atoms with Gasteiger partial charge in [-0.15, -0.1) is 0 Å². The van der Waals surface area contributed by atoms with Gasteiger partial charge in [0, 0.05) is 17.5 Å². The number of methoxy groups -OCH3 is 3. The summed E-state index contributed by atoms with van der Waals surface area (Å²) in [6.45, 7) is 0.185. The molecule has 0 bridgehead atoms. The van der Waals surface area contributed by atoms with Crippen LogP contribution in [0, 0.1) is 0 Å². The molecule has 0 aliphatic heterocycles. The van der Waals surface area contributed by atoms with Crippen LogP contribution in [0.2, 0.25) is 5.02 Å². The molecule has 3 aromatic carbocycles. The molecule has 0 radical (unpaired) electrons. The molecule has 1 heterocycles. The highest BCUT2D eigenvalue weighted by Crippen LogP contribution is 2.39. The first-order valence-corrected chi connectivity index (χ1v) is 10.2. The van der Waals surface area contributed by atoms with Gasteiger partial charge in [0.15, 0.2) is 11.5 Å². The molecule has 0 saturated heterocycles. The van der Waals surface area contributed by atoms with Gasteiger partial charge in [0.05, 0.1) is 26.4 Å². The third-order valence-electron chi connectivity index (χ3n) is 5.00. The molecule has 4 rings (SSSR count). The number of benzene rings is 3. The van der Waals surface area contributed by atoms with Crippen LogP contribution >= 0.6 is 11.6 Å². The molecule has 0 atom stereocenters. The monoisotopic (exact) mass is 452 g/mol. The van der Waals surface area contributed by atoms with E-state index >= 15 is 0 Å². The Morgan fingerprint density at radius 2 is 1.53 bits per heavy atom. The van der Waals surface area contributed by atoms with Crippen molar-refractivity contribution in [2.45, 2.75) is 6.61 Å². The molecule has 0 N–H and O–H groups in total. The normalized spacial score (nSPS) is 10.8. The second-order valence-electron chi connectivity index (χ2n) is 6.95. The zero-order valence-corrected chi connectivity index (χ0v) is 18.6. The fourth-order valence-electron chi connectivity index (χ4n) is 3.51. The van der Waals surface area contributed by atoms with E-state index in [1.807, 2.05) is 30.3 Å². The van der Waals surface area contributed by atoms with E-state index in [0.717, 1.165) is 22.1 Å². The Bertz CT molecular complexity index is 1290. The van der Waals surface area contributed by atoms with E-state index < -0.39 is 5.63 Å². The first-order chi connectivity index (χ1) is 15.5. The SMILES string of the molecule is COc1cc(COc2cc3oc(=O)cc(-c4ccccc4)c3cc2Cl)cc(OC)c1OC. The Balaban J connectivity index is 1.69. The van der Waals surface area contributed by atoms with Crippen LogP contribution in [0.4, 0.5) is 0 Å². The van der Waals surface area contributed by atoms with Crippen LogP contribution in [0.15, 0.2) is 69.9 Å². The van der Waals surface area contributed by atoms with E-state index in [9.17, 15) is 4.79 Å². The van der Waals surface area contributed by atoms with E-state index in [2.05, 4.69) is 0 Å². The summed E-state index contributed by atoms with van der Waals surface area (Å²) in [4.78, 5) is 12.2. The molecule has 0 aliphatic rings. The fourth-order valence-corrected chi connectivity index (χ4v) is 3.73. The summed E-state index contributed by atoms with van der Waals surface area (Å²) in [5.41, 5.74) is 2.37. The lowest BCUT2D eigenvalue weighted by molar-refractivity contribution is 0.298. The van der Waals surface area contributed by atoms with Crippen molar-refractivity contribution in [3.8, 4) is 34.1 Å². The Hall–Kier alpha value is -3.64. The minimum Gasteiger partial charge on any atom is -0.493 e. The molecule has 0 aliphatic carbocycles. The van der Waals surface area contributed by atoms with Crippen molar-refractivity contribution in [1.29, 1.82) is 0 Å². The highest BCUT2D eigenvalue weighted by Gasteiger charge is 2.15. The molecule has 0 fully saturated rings. The van der Waals surface area contributed by atoms with Gasteiger partial charge in [-0.1, -0.05) is 41.9 Å². The summed E-state index contributed by atoms with van der Waals surface area (Å²) >= 11 is 6.52. The number of fused-ring (bicyclic) bond motifs is 1. The molecule has 7 heteroatoms. The summed E-state index contributed by atoms with van der Waals surface area (Å²) in [5, 5.41) is 1.12. The zero-order chi connectivity index (χ0) is 22.7. The standard InChI is InChI=1S/C25H21ClO6/c1-28-22-9-15(10-23(29-2)25(22)30-3)14-31-21-13-20-18(11-19(21)26)17(12-24(27)32-20)16-7-5-4-6-8-16/h4-13H,14H2,1-3H3. The van der Waals surface area contributed by atoms with Crippen LogP contribution in [0.3, 0.4) is 0 Å². The molecule has 0 saturated carbocycles. The third-order valence-corrected chi connectivity index (χ3v) is 5.30. The number of ether oxygens (including phenoxy) is 4. The molecule has 0 amide bonds. The Morgan fingerprint density at radius 3 is 2.16 bits per heavy atom. The lowest BCUT2D eigenvalue weighted by atomic mass is 10.0. The maximum atomic E-state index is 12.2. The van der Waals surface area contributed by atoms with Crippen molar-refractivity contribution in [2.75, 3.05) is 21.3 Å². The Kier molecular flexibility index (Phi) is 6.23. The van der Waals surface area contributed by atoms with Crippen molar-refractivity contribution in [2.24, 2.45) is 0 Å². The van der Waals surface area contributed by atoms with Gasteiger partial charge in [-0.25, -0.2) is 4.79 Å². The van der Waals surface area contributed by atoms with Crippen LogP contribution < -0.4 is 24.6 Å². The highest BCUT2D eigenvalue weighted by atomic mass is 35.5. The van der Waals surface area contributed by atoms with Gasteiger partial charge in [-0.05, 0) is 34.9 Å². The number of rotatable bonds is 7. The summed E-state index contributed by atoms with van der Waals surface area (Å²) in [5.74, 6) is 1.93. The van der Waals surface area contributed by atoms with E-state index in [4.69, 9.17) is 35.0 Å². The van der Waals surface area contributed by atoms with Gasteiger partial charge in [0.2, 0.25) is 5.75 Å². The minimum atomic E-state index is -0.450. The van der Waals surface area contributed by atoms with Crippen molar-refractivity contribution in [1.82, 2.24) is 0 Å². The number of hydrogen-bond donors (Lipinski definition) is 0. The molecule has 0 spiro atoms. The minimum absolute atomic E-state index is 0.185. The number of hydrogen-bond acceptors (Lipinski definition) is 6. The maximum absolute atomic E-state index is 12.2. The molecule has 6 nitrogen and oxygen atoms in total. The van der Waals surface area contributed by atoms with Crippen LogP contribution in [-0.2, 0) is 6.61 Å². The zero-order valence-electron chi connectivity index (χ0n) is 17.8. The molecule has 4 aromatic rings. The van der Waals surface area contributed by atoms with E-state index in [1.165, 1.54) is 6.07 Å². The average molecular weight is 453 g/mol. The fraction of sp³-hybridized carbons (Fsp3) is 0.160. The van der Waals surface area contributed by atoms with E-state index in [0.29, 0.717) is 33.6 Å². The van der Waals surface area contributed by atoms with Crippen molar-refractivity contribution in [3.05, 3.63) is 81.7 Å². The molecule has 164 valence electrons. The largest absolute Gasteiger partial charge is 0.493 e. The lowest BCUT2D eigenvalue weighted by Crippen LogP contribution is -2.01. The second-order valence-corrected chi connectivity index (χ2v) is 7.35. The number of halogens is 1. The lowest BCUT2D eigenvalue weighted by Gasteiger charge is -2.15. The van der Waals surface area contributed by atoms with Crippen molar-refractivity contribution < 1.29 is 23.4 Å². The predicted octanol–water partition coefficient (Wildman–Crippen LogP) is 5.72. The van der Waals surface area contributed by atoms with Crippen molar-refractivity contribution >= 4 is 22.6 Å². The van der Waals surface area contributed by atoms with Gasteiger partial charge in [0.1, 0.15) is 17.9 Å². The summed E-state index contributed by atoms with van der Waals surface area (Å²) in [7, 11) is 4.64. The molecule has 1 aromatic heterocycles. The van der Waals surface area contributed by atoms with Crippen LogP contribution in [0.1, 0.15) is 5.56 Å². The van der Waals surface area contributed by atoms with Gasteiger partial charge in [0.25, 0.3) is 0 Å². The maximum Gasteiger partial charge on any atom is 0.336 e. The first kappa shape index (κ1) is 21.6. The van der Waals surface area contributed by atoms with Gasteiger partial charge < -0.3 is 23.4 Å². The summed E-state index contributed by atoms with van der Waals surface area (Å²) in [6.07, 6.45) is 0. The van der Waals surface area contributed by atoms with E-state index in [-0.39, 0.29) is 6.61 Å². The molecular weight excluding hydrogens is 432 g/mol. The van der Waals surface area contributed by atoms with Crippen LogP contribution in [-0.4, -0.2) is 21.3 Å². The average Bonchev–Trinajstić information content (AvgIpc) is 2.82. The quantitative estimate of drug-likeness (QED) is 0.334. The molecular formula is C25H21ClO6. The smallest absolute Gasteiger partial charge is 0.336 e. The topological polar surface area (TPSA) is 67.1 Å². The third kappa shape index (κ3) is 4.22. The van der Waals surface area contributed by atoms with Crippen molar-refractivity contribution in [3.63, 3.8) is 0 Å². The Morgan fingerprint density at radius 1 is 0.844 bits per heavy atom. The van der Waals surface area contributed by atoms with Gasteiger partial charge >= 0.3 is 5.63 Å². The summed E-state index contributed by atoms with van der Waals surface area (Å²) < 4.78 is 27.5. The molecule has 0 unspecified atom stereocenters. The van der Waals surface area contributed by atoms with Crippen LogP contribution in [0.5, 0.6) is 23.0 Å². The summed E-state index contributed by atoms with van der Waals surface area (Å²) in [6, 6.07) is 18.0.